The molecule has 0 amide bonds. The molecule has 0 saturated carbocycles. The van der Waals surface area contributed by atoms with Gasteiger partial charge in [0.05, 0.1) is 6.10 Å². The summed E-state index contributed by atoms with van der Waals surface area (Å²) in [4.78, 5) is 0. The Balaban J connectivity index is 2.92. The number of allylic oxidation sites excluding steroid dienone is 1. The molecule has 0 radical (unpaired) electrons. The smallest absolute Gasteiger partial charge is 0.0666 e. The van der Waals surface area contributed by atoms with Gasteiger partial charge in [-0.25, -0.2) is 0 Å². The molecule has 1 N–H and O–H groups in total. The summed E-state index contributed by atoms with van der Waals surface area (Å²) in [5.74, 6) is 0.382. The van der Waals surface area contributed by atoms with Crippen molar-refractivity contribution < 1.29 is 5.11 Å². The van der Waals surface area contributed by atoms with Crippen molar-refractivity contribution in [1.29, 1.82) is 0 Å². The van der Waals surface area contributed by atoms with Gasteiger partial charge in [-0.05, 0) is 17.9 Å². The molecule has 0 unspecified atom stereocenters. The Morgan fingerprint density at radius 1 is 1.19 bits per heavy atom. The Morgan fingerprint density at radius 3 is 2.31 bits per heavy atom. The van der Waals surface area contributed by atoms with Crippen molar-refractivity contribution in [3.05, 3.63) is 48.0 Å². The monoisotopic (exact) mass is 218 g/mol. The lowest BCUT2D eigenvalue weighted by Crippen LogP contribution is -2.22. The quantitative estimate of drug-likeness (QED) is 0.746. The molecular formula is C15H22O. The molecule has 1 heteroatoms. The second-order valence-corrected chi connectivity index (χ2v) is 4.51. The van der Waals surface area contributed by atoms with Gasteiger partial charge < -0.3 is 5.11 Å². The predicted octanol–water partition coefficient (Wildman–Crippen LogP) is 3.75. The largest absolute Gasteiger partial charge is 0.392 e. The highest BCUT2D eigenvalue weighted by Gasteiger charge is 2.20. The number of aliphatic hydroxyl groups is 1. The lowest BCUT2D eigenvalue weighted by Gasteiger charge is -2.23. The average molecular weight is 218 g/mol. The van der Waals surface area contributed by atoms with Gasteiger partial charge in [-0.3, -0.25) is 0 Å². The summed E-state index contributed by atoms with van der Waals surface area (Å²) in [6.07, 6.45) is 4.95. The molecule has 1 nitrogen and oxygen atoms in total. The maximum atomic E-state index is 10.2. The van der Waals surface area contributed by atoms with Crippen molar-refractivity contribution in [3.63, 3.8) is 0 Å². The molecule has 0 saturated heterocycles. The van der Waals surface area contributed by atoms with Gasteiger partial charge >= 0.3 is 0 Å². The van der Waals surface area contributed by atoms with Crippen molar-refractivity contribution in [3.8, 4) is 0 Å². The van der Waals surface area contributed by atoms with E-state index in [0.717, 1.165) is 6.42 Å². The van der Waals surface area contributed by atoms with Gasteiger partial charge in [0.25, 0.3) is 0 Å². The van der Waals surface area contributed by atoms with Gasteiger partial charge in [0.1, 0.15) is 0 Å². The minimum absolute atomic E-state index is 0.112. The molecule has 1 rings (SSSR count). The second kappa shape index (κ2) is 6.49. The molecular weight excluding hydrogens is 196 g/mol. The molecule has 0 fully saturated rings. The molecule has 1 aromatic rings. The van der Waals surface area contributed by atoms with E-state index in [2.05, 4.69) is 45.1 Å². The van der Waals surface area contributed by atoms with Crippen molar-refractivity contribution in [2.24, 2.45) is 5.92 Å². The Kier molecular flexibility index (Phi) is 5.27. The van der Waals surface area contributed by atoms with Crippen LogP contribution in [-0.2, 0) is 0 Å². The van der Waals surface area contributed by atoms with Crippen LogP contribution in [0.3, 0.4) is 0 Å². The Labute approximate surface area is 98.8 Å². The van der Waals surface area contributed by atoms with E-state index in [1.807, 2.05) is 18.2 Å². The minimum Gasteiger partial charge on any atom is -0.392 e. The Morgan fingerprint density at radius 2 is 1.81 bits per heavy atom. The molecule has 0 aliphatic carbocycles. The Hall–Kier alpha value is -1.08. The minimum atomic E-state index is -0.315. The van der Waals surface area contributed by atoms with Gasteiger partial charge in [0.2, 0.25) is 0 Å². The SMILES string of the molecule is CC/C=C/[C@H](c1ccccc1)[C@@H](O)C(C)C. The molecule has 0 aliphatic heterocycles. The van der Waals surface area contributed by atoms with Gasteiger partial charge in [-0.1, -0.05) is 63.3 Å². The van der Waals surface area contributed by atoms with Crippen LogP contribution in [0.1, 0.15) is 38.7 Å². The van der Waals surface area contributed by atoms with E-state index in [4.69, 9.17) is 0 Å². The van der Waals surface area contributed by atoms with Crippen LogP contribution in [0.25, 0.3) is 0 Å². The van der Waals surface area contributed by atoms with E-state index in [9.17, 15) is 5.11 Å². The molecule has 0 aromatic heterocycles. The van der Waals surface area contributed by atoms with E-state index >= 15 is 0 Å². The lowest BCUT2D eigenvalue weighted by atomic mass is 9.87. The van der Waals surface area contributed by atoms with E-state index in [1.165, 1.54) is 5.56 Å². The van der Waals surface area contributed by atoms with Gasteiger partial charge in [-0.2, -0.15) is 0 Å². The summed E-state index contributed by atoms with van der Waals surface area (Å²) in [7, 11) is 0. The highest BCUT2D eigenvalue weighted by Crippen LogP contribution is 2.25. The highest BCUT2D eigenvalue weighted by atomic mass is 16.3. The van der Waals surface area contributed by atoms with Crippen molar-refractivity contribution in [1.82, 2.24) is 0 Å². The maximum Gasteiger partial charge on any atom is 0.0666 e. The molecule has 2 atom stereocenters. The van der Waals surface area contributed by atoms with Crippen LogP contribution in [0, 0.1) is 5.92 Å². The van der Waals surface area contributed by atoms with Crippen molar-refractivity contribution >= 4 is 0 Å². The molecule has 1 aromatic carbocycles. The summed E-state index contributed by atoms with van der Waals surface area (Å²) >= 11 is 0. The summed E-state index contributed by atoms with van der Waals surface area (Å²) < 4.78 is 0. The fraction of sp³-hybridized carbons (Fsp3) is 0.467. The van der Waals surface area contributed by atoms with E-state index in [0.29, 0.717) is 0 Å². The van der Waals surface area contributed by atoms with Crippen LogP contribution < -0.4 is 0 Å². The van der Waals surface area contributed by atoms with E-state index < -0.39 is 0 Å². The molecule has 0 aliphatic rings. The third-order valence-electron chi connectivity index (χ3n) is 2.81. The first-order valence-electron chi connectivity index (χ1n) is 6.06. The fourth-order valence-electron chi connectivity index (χ4n) is 1.79. The standard InChI is InChI=1S/C15H22O/c1-4-5-11-14(15(16)12(2)3)13-9-7-6-8-10-13/h5-12,14-16H,4H2,1-3H3/b11-5+/t14-,15+/m1/s1. The van der Waals surface area contributed by atoms with Crippen molar-refractivity contribution in [2.75, 3.05) is 0 Å². The first-order valence-corrected chi connectivity index (χ1v) is 6.06. The van der Waals surface area contributed by atoms with Crippen LogP contribution in [0.2, 0.25) is 0 Å². The first-order chi connectivity index (χ1) is 7.66. The van der Waals surface area contributed by atoms with Crippen LogP contribution in [-0.4, -0.2) is 11.2 Å². The summed E-state index contributed by atoms with van der Waals surface area (Å²) in [6, 6.07) is 10.2. The fourth-order valence-corrected chi connectivity index (χ4v) is 1.79. The van der Waals surface area contributed by atoms with Gasteiger partial charge in [0.15, 0.2) is 0 Å². The second-order valence-electron chi connectivity index (χ2n) is 4.51. The van der Waals surface area contributed by atoms with E-state index in [-0.39, 0.29) is 17.9 Å². The first kappa shape index (κ1) is 13.0. The van der Waals surface area contributed by atoms with Crippen LogP contribution in [0.4, 0.5) is 0 Å². The van der Waals surface area contributed by atoms with Crippen LogP contribution >= 0.6 is 0 Å². The number of aliphatic hydroxyl groups excluding tert-OH is 1. The molecule has 16 heavy (non-hydrogen) atoms. The molecule has 0 bridgehead atoms. The molecule has 88 valence electrons. The summed E-state index contributed by atoms with van der Waals surface area (Å²) in [5.41, 5.74) is 1.19. The summed E-state index contributed by atoms with van der Waals surface area (Å²) in [6.45, 7) is 6.22. The maximum absolute atomic E-state index is 10.2. The predicted molar refractivity (Wildman–Crippen MR) is 69.5 cm³/mol. The van der Waals surface area contributed by atoms with Crippen molar-refractivity contribution in [2.45, 2.75) is 39.2 Å². The number of hydrogen-bond acceptors (Lipinski definition) is 1. The zero-order chi connectivity index (χ0) is 12.0. The third kappa shape index (κ3) is 3.49. The molecule has 0 spiro atoms. The highest BCUT2D eigenvalue weighted by molar-refractivity contribution is 5.25. The zero-order valence-electron chi connectivity index (χ0n) is 10.4. The zero-order valence-corrected chi connectivity index (χ0v) is 10.4. The average Bonchev–Trinajstić information content (AvgIpc) is 2.30. The normalized spacial score (nSPS) is 15.6. The molecule has 0 heterocycles. The lowest BCUT2D eigenvalue weighted by molar-refractivity contribution is 0.111. The van der Waals surface area contributed by atoms with Crippen LogP contribution in [0.15, 0.2) is 42.5 Å². The number of benzene rings is 1. The van der Waals surface area contributed by atoms with Crippen LogP contribution in [0.5, 0.6) is 0 Å². The Bertz CT molecular complexity index is 313. The number of hydrogen-bond donors (Lipinski definition) is 1. The third-order valence-corrected chi connectivity index (χ3v) is 2.81. The van der Waals surface area contributed by atoms with Gasteiger partial charge in [-0.15, -0.1) is 0 Å². The van der Waals surface area contributed by atoms with E-state index in [1.54, 1.807) is 0 Å². The summed E-state index contributed by atoms with van der Waals surface area (Å²) in [5, 5.41) is 10.2. The number of rotatable bonds is 5. The topological polar surface area (TPSA) is 20.2 Å². The van der Waals surface area contributed by atoms with Gasteiger partial charge in [0, 0.05) is 5.92 Å².